The molecule has 0 radical (unpaired) electrons. The molecule has 2 unspecified atom stereocenters. The second-order valence-corrected chi connectivity index (χ2v) is 12.7. The summed E-state index contributed by atoms with van der Waals surface area (Å²) in [5.74, 6) is -2.85. The number of carboxylic acid groups (broad SMARTS) is 1. The third kappa shape index (κ3) is 8.84. The third-order valence-corrected chi connectivity index (χ3v) is 9.21. The summed E-state index contributed by atoms with van der Waals surface area (Å²) >= 11 is 0. The highest BCUT2D eigenvalue weighted by Gasteiger charge is 2.43. The Labute approximate surface area is 285 Å². The van der Waals surface area contributed by atoms with Gasteiger partial charge in [0.1, 0.15) is 5.75 Å². The molecule has 5 rings (SSSR count). The zero-order valence-corrected chi connectivity index (χ0v) is 27.2. The number of rotatable bonds is 9. The second-order valence-electron chi connectivity index (χ2n) is 12.7. The van der Waals surface area contributed by atoms with Gasteiger partial charge >= 0.3 is 24.7 Å². The maximum absolute atomic E-state index is 14.2. The Morgan fingerprint density at radius 1 is 0.941 bits per heavy atom. The standard InChI is InChI=1S/C32H33F9N6O4/c1-3-22-14-26(46(29-42-44-45(2)43-29)16-18-10-20(30(33,34)35)13-21(11-18)31(36,37)38)24-15-23(51-32(39,40)41)8-9-25(24)47(22)28(50)19-6-4-17(5-7-19)12-27(48)49/h8-11,13,15,17,19,22,26H,3-7,12,14,16H2,1-2H3,(H,48,49). The number of ether oxygens (including phenoxy) is 1. The van der Waals surface area contributed by atoms with Crippen LogP contribution >= 0.6 is 0 Å². The van der Waals surface area contributed by atoms with Crippen molar-refractivity contribution in [1.29, 1.82) is 0 Å². The molecule has 2 aromatic carbocycles. The Morgan fingerprint density at radius 2 is 1.57 bits per heavy atom. The quantitative estimate of drug-likeness (QED) is 0.223. The monoisotopic (exact) mass is 736 g/mol. The maximum atomic E-state index is 14.2. The van der Waals surface area contributed by atoms with Crippen molar-refractivity contribution in [3.05, 3.63) is 58.7 Å². The van der Waals surface area contributed by atoms with Gasteiger partial charge in [0.2, 0.25) is 5.91 Å². The number of halogens is 9. The smallest absolute Gasteiger partial charge is 0.481 e. The summed E-state index contributed by atoms with van der Waals surface area (Å²) in [6, 6.07) is 2.64. The molecule has 19 heteroatoms. The topological polar surface area (TPSA) is 114 Å². The van der Waals surface area contributed by atoms with Crippen molar-refractivity contribution in [3.8, 4) is 5.75 Å². The number of carbonyl (C=O) groups excluding carboxylic acids is 1. The van der Waals surface area contributed by atoms with Crippen LogP contribution in [-0.4, -0.2) is 49.6 Å². The van der Waals surface area contributed by atoms with Crippen LogP contribution in [0.25, 0.3) is 0 Å². The molecular formula is C32H33F9N6O4. The van der Waals surface area contributed by atoms with Crippen molar-refractivity contribution in [2.45, 2.75) is 89.2 Å². The predicted octanol–water partition coefficient (Wildman–Crippen LogP) is 7.69. The zero-order chi connectivity index (χ0) is 37.5. The zero-order valence-electron chi connectivity index (χ0n) is 27.2. The van der Waals surface area contributed by atoms with Gasteiger partial charge in [-0.15, -0.1) is 18.3 Å². The Hall–Kier alpha value is -4.58. The van der Waals surface area contributed by atoms with Gasteiger partial charge in [-0.3, -0.25) is 9.59 Å². The molecule has 0 spiro atoms. The number of amides is 1. The summed E-state index contributed by atoms with van der Waals surface area (Å²) in [6.45, 7) is 1.09. The van der Waals surface area contributed by atoms with Crippen LogP contribution in [0.3, 0.4) is 0 Å². The molecule has 2 aliphatic rings. The SMILES string of the molecule is CCC1CC(N(Cc2cc(C(F)(F)F)cc(C(F)(F)F)c2)c2nnn(C)n2)c2cc(OC(F)(F)F)ccc2N1C(=O)C1CCC(CC(=O)O)CC1. The molecule has 51 heavy (non-hydrogen) atoms. The first-order chi connectivity index (χ1) is 23.7. The fourth-order valence-electron chi connectivity index (χ4n) is 6.92. The van der Waals surface area contributed by atoms with E-state index in [0.717, 1.165) is 16.9 Å². The summed E-state index contributed by atoms with van der Waals surface area (Å²) in [5.41, 5.74) is -3.35. The Kier molecular flexibility index (Phi) is 10.5. The van der Waals surface area contributed by atoms with Crippen LogP contribution in [0.5, 0.6) is 5.75 Å². The Morgan fingerprint density at radius 3 is 2.08 bits per heavy atom. The van der Waals surface area contributed by atoms with E-state index in [1.165, 1.54) is 22.9 Å². The van der Waals surface area contributed by atoms with Gasteiger partial charge in [-0.2, -0.15) is 31.1 Å². The molecule has 2 atom stereocenters. The minimum absolute atomic E-state index is 0.0170. The summed E-state index contributed by atoms with van der Waals surface area (Å²) in [6.07, 6.45) is -13.5. The third-order valence-electron chi connectivity index (χ3n) is 9.21. The Bertz CT molecular complexity index is 1700. The number of carboxylic acids is 1. The number of alkyl halides is 9. The van der Waals surface area contributed by atoms with Crippen LogP contribution < -0.4 is 14.5 Å². The molecule has 2 heterocycles. The van der Waals surface area contributed by atoms with E-state index in [0.29, 0.717) is 44.2 Å². The van der Waals surface area contributed by atoms with Gasteiger partial charge in [-0.1, -0.05) is 12.0 Å². The highest BCUT2D eigenvalue weighted by molar-refractivity contribution is 5.97. The summed E-state index contributed by atoms with van der Waals surface area (Å²) in [4.78, 5) is 29.1. The first-order valence-electron chi connectivity index (χ1n) is 16.0. The molecular weight excluding hydrogens is 703 g/mol. The van der Waals surface area contributed by atoms with E-state index >= 15 is 0 Å². The normalized spacial score (nSPS) is 21.3. The number of hydrogen-bond donors (Lipinski definition) is 1. The van der Waals surface area contributed by atoms with Crippen molar-refractivity contribution >= 4 is 23.5 Å². The molecule has 0 bridgehead atoms. The molecule has 1 fully saturated rings. The first kappa shape index (κ1) is 37.7. The van der Waals surface area contributed by atoms with Crippen LogP contribution in [0.4, 0.5) is 51.1 Å². The van der Waals surface area contributed by atoms with E-state index in [9.17, 15) is 54.2 Å². The summed E-state index contributed by atoms with van der Waals surface area (Å²) in [7, 11) is 1.37. The predicted molar refractivity (Wildman–Crippen MR) is 161 cm³/mol. The van der Waals surface area contributed by atoms with Gasteiger partial charge in [0, 0.05) is 36.2 Å². The number of nitrogens with zero attached hydrogens (tertiary/aromatic N) is 6. The highest BCUT2D eigenvalue weighted by Crippen LogP contribution is 2.47. The number of hydrogen-bond acceptors (Lipinski definition) is 7. The minimum atomic E-state index is -5.14. The van der Waals surface area contributed by atoms with E-state index in [-0.39, 0.29) is 47.9 Å². The lowest BCUT2D eigenvalue weighted by Crippen LogP contribution is -2.50. The van der Waals surface area contributed by atoms with Crippen LogP contribution in [0.1, 0.15) is 80.2 Å². The van der Waals surface area contributed by atoms with Crippen molar-refractivity contribution in [2.75, 3.05) is 9.80 Å². The van der Waals surface area contributed by atoms with Crippen molar-refractivity contribution in [3.63, 3.8) is 0 Å². The highest BCUT2D eigenvalue weighted by atomic mass is 19.4. The van der Waals surface area contributed by atoms with Crippen molar-refractivity contribution in [2.24, 2.45) is 18.9 Å². The molecule has 0 saturated heterocycles. The summed E-state index contributed by atoms with van der Waals surface area (Å²) in [5, 5.41) is 21.0. The number of aromatic nitrogens is 4. The Balaban J connectivity index is 1.61. The molecule has 1 saturated carbocycles. The van der Waals surface area contributed by atoms with Crippen LogP contribution in [-0.2, 0) is 35.5 Å². The van der Waals surface area contributed by atoms with Crippen molar-refractivity contribution in [1.82, 2.24) is 20.2 Å². The molecule has 1 amide bonds. The second kappa shape index (κ2) is 14.2. The number of carbonyl (C=O) groups is 2. The van der Waals surface area contributed by atoms with Gasteiger partial charge < -0.3 is 19.6 Å². The van der Waals surface area contributed by atoms with E-state index in [1.807, 2.05) is 0 Å². The van der Waals surface area contributed by atoms with E-state index in [2.05, 4.69) is 20.1 Å². The largest absolute Gasteiger partial charge is 0.573 e. The average molecular weight is 737 g/mol. The molecule has 1 aliphatic heterocycles. The number of anilines is 2. The van der Waals surface area contributed by atoms with Gasteiger partial charge in [0.05, 0.1) is 24.2 Å². The van der Waals surface area contributed by atoms with Gasteiger partial charge in [-0.05, 0) is 91.6 Å². The lowest BCUT2D eigenvalue weighted by molar-refractivity contribution is -0.274. The van der Waals surface area contributed by atoms with Crippen LogP contribution in [0.2, 0.25) is 0 Å². The van der Waals surface area contributed by atoms with Gasteiger partial charge in [-0.25, -0.2) is 0 Å². The number of aliphatic carboxylic acids is 1. The lowest BCUT2D eigenvalue weighted by Gasteiger charge is -2.45. The number of fused-ring (bicyclic) bond motifs is 1. The summed E-state index contributed by atoms with van der Waals surface area (Å²) < 4.78 is 127. The fraction of sp³-hybridized carbons (Fsp3) is 0.531. The molecule has 1 N–H and O–H groups in total. The minimum Gasteiger partial charge on any atom is -0.481 e. The first-order valence-corrected chi connectivity index (χ1v) is 16.0. The number of benzene rings is 2. The van der Waals surface area contributed by atoms with E-state index in [1.54, 1.807) is 6.92 Å². The average Bonchev–Trinajstić information content (AvgIpc) is 3.46. The molecule has 1 aliphatic carbocycles. The maximum Gasteiger partial charge on any atom is 0.573 e. The van der Waals surface area contributed by atoms with Crippen LogP contribution in [0.15, 0.2) is 36.4 Å². The van der Waals surface area contributed by atoms with Crippen LogP contribution in [0, 0.1) is 11.8 Å². The van der Waals surface area contributed by atoms with Gasteiger partial charge in [0.15, 0.2) is 0 Å². The molecule has 1 aromatic heterocycles. The number of tetrazole rings is 1. The van der Waals surface area contributed by atoms with Crippen molar-refractivity contribution < 1.29 is 58.9 Å². The lowest BCUT2D eigenvalue weighted by atomic mass is 9.79. The molecule has 278 valence electrons. The van der Waals surface area contributed by atoms with E-state index < -0.39 is 71.7 Å². The number of aryl methyl sites for hydroxylation is 1. The molecule has 10 nitrogen and oxygen atoms in total. The van der Waals surface area contributed by atoms with E-state index in [4.69, 9.17) is 0 Å². The molecule has 3 aromatic rings. The fourth-order valence-corrected chi connectivity index (χ4v) is 6.92. The van der Waals surface area contributed by atoms with Gasteiger partial charge in [0.25, 0.3) is 5.95 Å².